The number of methoxy groups -OCH3 is 1. The van der Waals surface area contributed by atoms with Crippen molar-refractivity contribution < 1.29 is 13.9 Å². The zero-order valence-electron chi connectivity index (χ0n) is 10.9. The summed E-state index contributed by atoms with van der Waals surface area (Å²) in [5.74, 6) is 1.35. The Kier molecular flexibility index (Phi) is 7.66. The van der Waals surface area contributed by atoms with Crippen LogP contribution in [0.25, 0.3) is 0 Å². The topological polar surface area (TPSA) is 77.5 Å². The Morgan fingerprint density at radius 3 is 2.67 bits per heavy atom. The molecule has 0 radical (unpaired) electrons. The van der Waals surface area contributed by atoms with Crippen LogP contribution in [0.3, 0.4) is 0 Å². The number of nitrogens with two attached hydrogens (primary N) is 1. The van der Waals surface area contributed by atoms with Gasteiger partial charge in [-0.25, -0.2) is 0 Å². The molecule has 5 nitrogen and oxygen atoms in total. The van der Waals surface area contributed by atoms with Crippen LogP contribution >= 0.6 is 12.4 Å². The summed E-state index contributed by atoms with van der Waals surface area (Å²) in [7, 11) is 1.62. The largest absolute Gasteiger partial charge is 0.464 e. The lowest BCUT2D eigenvalue weighted by Gasteiger charge is -2.17. The number of amides is 1. The van der Waals surface area contributed by atoms with Crippen LogP contribution in [0.4, 0.5) is 0 Å². The smallest absolute Gasteiger partial charge is 0.237 e. The SMILES string of the molecule is COCCC(NC(=O)C(C)N)c1ccc(C)o1.Cl. The van der Waals surface area contributed by atoms with Crippen LogP contribution in [-0.2, 0) is 9.53 Å². The monoisotopic (exact) mass is 276 g/mol. The molecule has 6 heteroatoms. The summed E-state index contributed by atoms with van der Waals surface area (Å²) in [5, 5.41) is 2.84. The van der Waals surface area contributed by atoms with Crippen LogP contribution in [0.5, 0.6) is 0 Å². The fraction of sp³-hybridized carbons (Fsp3) is 0.583. The van der Waals surface area contributed by atoms with Gasteiger partial charge in [0.1, 0.15) is 11.5 Å². The van der Waals surface area contributed by atoms with Crippen molar-refractivity contribution in [3.63, 3.8) is 0 Å². The first-order valence-electron chi connectivity index (χ1n) is 5.65. The van der Waals surface area contributed by atoms with Crippen molar-refractivity contribution in [1.82, 2.24) is 5.32 Å². The summed E-state index contributed by atoms with van der Waals surface area (Å²) in [5.41, 5.74) is 5.52. The molecular weight excluding hydrogens is 256 g/mol. The number of hydrogen-bond acceptors (Lipinski definition) is 4. The number of furan rings is 1. The second-order valence-electron chi connectivity index (χ2n) is 4.08. The predicted octanol–water partition coefficient (Wildman–Crippen LogP) is 1.55. The number of aryl methyl sites for hydroxylation is 1. The zero-order chi connectivity index (χ0) is 12.8. The highest BCUT2D eigenvalue weighted by molar-refractivity contribution is 5.85. The van der Waals surface area contributed by atoms with E-state index in [0.717, 1.165) is 11.5 Å². The Morgan fingerprint density at radius 1 is 1.56 bits per heavy atom. The molecule has 1 amide bonds. The third kappa shape index (κ3) is 5.08. The van der Waals surface area contributed by atoms with Gasteiger partial charge >= 0.3 is 0 Å². The quantitative estimate of drug-likeness (QED) is 0.826. The molecule has 1 heterocycles. The second kappa shape index (κ2) is 8.13. The number of carbonyl (C=O) groups is 1. The van der Waals surface area contributed by atoms with E-state index in [0.29, 0.717) is 13.0 Å². The van der Waals surface area contributed by atoms with Crippen molar-refractivity contribution in [2.45, 2.75) is 32.4 Å². The molecule has 104 valence electrons. The highest BCUT2D eigenvalue weighted by Crippen LogP contribution is 2.19. The Bertz CT molecular complexity index is 366. The number of hydrogen-bond donors (Lipinski definition) is 2. The van der Waals surface area contributed by atoms with Crippen molar-refractivity contribution in [2.24, 2.45) is 5.73 Å². The molecule has 18 heavy (non-hydrogen) atoms. The summed E-state index contributed by atoms with van der Waals surface area (Å²) in [6.07, 6.45) is 0.655. The molecule has 0 spiro atoms. The van der Waals surface area contributed by atoms with Gasteiger partial charge in [-0.05, 0) is 32.4 Å². The standard InChI is InChI=1S/C12H20N2O3.ClH/c1-8-4-5-11(17-8)10(6-7-16-3)14-12(15)9(2)13;/h4-5,9-10H,6-7,13H2,1-3H3,(H,14,15);1H. The highest BCUT2D eigenvalue weighted by atomic mass is 35.5. The van der Waals surface area contributed by atoms with E-state index < -0.39 is 6.04 Å². The van der Waals surface area contributed by atoms with E-state index in [4.69, 9.17) is 14.9 Å². The van der Waals surface area contributed by atoms with Crippen LogP contribution in [0, 0.1) is 6.92 Å². The maximum Gasteiger partial charge on any atom is 0.237 e. The highest BCUT2D eigenvalue weighted by Gasteiger charge is 2.19. The fourth-order valence-electron chi connectivity index (χ4n) is 1.47. The molecule has 2 atom stereocenters. The van der Waals surface area contributed by atoms with Gasteiger partial charge in [0.15, 0.2) is 0 Å². The van der Waals surface area contributed by atoms with E-state index in [9.17, 15) is 4.79 Å². The van der Waals surface area contributed by atoms with Crippen molar-refractivity contribution in [1.29, 1.82) is 0 Å². The van der Waals surface area contributed by atoms with Crippen LogP contribution in [-0.4, -0.2) is 25.7 Å². The van der Waals surface area contributed by atoms with Crippen molar-refractivity contribution >= 4 is 18.3 Å². The molecule has 2 unspecified atom stereocenters. The maximum atomic E-state index is 11.6. The van der Waals surface area contributed by atoms with E-state index in [1.807, 2.05) is 19.1 Å². The molecule has 0 aliphatic heterocycles. The molecule has 0 saturated carbocycles. The summed E-state index contributed by atoms with van der Waals surface area (Å²) in [4.78, 5) is 11.6. The molecule has 1 rings (SSSR count). The van der Waals surface area contributed by atoms with Gasteiger partial charge in [-0.1, -0.05) is 0 Å². The van der Waals surface area contributed by atoms with Crippen LogP contribution in [0.2, 0.25) is 0 Å². The molecular formula is C12H21ClN2O3. The molecule has 1 aromatic heterocycles. The zero-order valence-corrected chi connectivity index (χ0v) is 11.8. The first kappa shape index (κ1) is 17.0. The molecule has 0 bridgehead atoms. The first-order valence-corrected chi connectivity index (χ1v) is 5.65. The number of halogens is 1. The average molecular weight is 277 g/mol. The van der Waals surface area contributed by atoms with Gasteiger partial charge in [0.05, 0.1) is 12.1 Å². The summed E-state index contributed by atoms with van der Waals surface area (Å²) >= 11 is 0. The maximum absolute atomic E-state index is 11.6. The van der Waals surface area contributed by atoms with Crippen molar-refractivity contribution in [3.05, 3.63) is 23.7 Å². The third-order valence-electron chi connectivity index (χ3n) is 2.45. The lowest BCUT2D eigenvalue weighted by molar-refractivity contribution is -0.123. The fourth-order valence-corrected chi connectivity index (χ4v) is 1.47. The molecule has 0 aromatic carbocycles. The molecule has 0 aliphatic rings. The van der Waals surface area contributed by atoms with E-state index in [1.165, 1.54) is 0 Å². The Morgan fingerprint density at radius 2 is 2.22 bits per heavy atom. The minimum absolute atomic E-state index is 0. The second-order valence-corrected chi connectivity index (χ2v) is 4.08. The van der Waals surface area contributed by atoms with Gasteiger partial charge < -0.3 is 20.2 Å². The molecule has 1 aromatic rings. The first-order chi connectivity index (χ1) is 8.04. The van der Waals surface area contributed by atoms with Gasteiger partial charge in [-0.3, -0.25) is 4.79 Å². The minimum Gasteiger partial charge on any atom is -0.464 e. The van der Waals surface area contributed by atoms with Gasteiger partial charge in [0, 0.05) is 13.7 Å². The van der Waals surface area contributed by atoms with E-state index >= 15 is 0 Å². The van der Waals surface area contributed by atoms with Gasteiger partial charge in [0.25, 0.3) is 0 Å². The van der Waals surface area contributed by atoms with E-state index in [-0.39, 0.29) is 24.4 Å². The third-order valence-corrected chi connectivity index (χ3v) is 2.45. The normalized spacial score (nSPS) is 13.6. The number of rotatable bonds is 6. The molecule has 0 aliphatic carbocycles. The molecule has 0 fully saturated rings. The average Bonchev–Trinajstić information content (AvgIpc) is 2.70. The number of ether oxygens (including phenoxy) is 1. The van der Waals surface area contributed by atoms with Crippen LogP contribution < -0.4 is 11.1 Å². The van der Waals surface area contributed by atoms with Gasteiger partial charge in [-0.15, -0.1) is 12.4 Å². The number of nitrogens with one attached hydrogen (secondary N) is 1. The van der Waals surface area contributed by atoms with E-state index in [1.54, 1.807) is 14.0 Å². The lowest BCUT2D eigenvalue weighted by Crippen LogP contribution is -2.40. The minimum atomic E-state index is -0.531. The Labute approximate surface area is 113 Å². The molecule has 3 N–H and O–H groups in total. The van der Waals surface area contributed by atoms with Crippen LogP contribution in [0.15, 0.2) is 16.5 Å². The Balaban J connectivity index is 0.00000289. The van der Waals surface area contributed by atoms with Crippen molar-refractivity contribution in [2.75, 3.05) is 13.7 Å². The summed E-state index contributed by atoms with van der Waals surface area (Å²) < 4.78 is 10.5. The van der Waals surface area contributed by atoms with Crippen molar-refractivity contribution in [3.8, 4) is 0 Å². The van der Waals surface area contributed by atoms with Crippen LogP contribution in [0.1, 0.15) is 30.9 Å². The van der Waals surface area contributed by atoms with Gasteiger partial charge in [0.2, 0.25) is 5.91 Å². The van der Waals surface area contributed by atoms with E-state index in [2.05, 4.69) is 5.32 Å². The Hall–Kier alpha value is -1.04. The summed E-state index contributed by atoms with van der Waals surface area (Å²) in [6, 6.07) is 3.00. The molecule has 0 saturated heterocycles. The number of carbonyl (C=O) groups excluding carboxylic acids is 1. The lowest BCUT2D eigenvalue weighted by atomic mass is 10.1. The summed E-state index contributed by atoms with van der Waals surface area (Å²) in [6.45, 7) is 4.06. The van der Waals surface area contributed by atoms with Gasteiger partial charge in [-0.2, -0.15) is 0 Å². The predicted molar refractivity (Wildman–Crippen MR) is 71.7 cm³/mol.